The number of ether oxygens (including phenoxy) is 1. The number of carboxylic acids is 1. The van der Waals surface area contributed by atoms with Gasteiger partial charge in [0.25, 0.3) is 0 Å². The molecule has 1 amide bonds. The number of amides is 1. The van der Waals surface area contributed by atoms with Gasteiger partial charge in [-0.2, -0.15) is 5.10 Å². The zero-order valence-electron chi connectivity index (χ0n) is 12.0. The summed E-state index contributed by atoms with van der Waals surface area (Å²) in [5.74, 6) is -0.970. The average Bonchev–Trinajstić information content (AvgIpc) is 2.52. The molecule has 0 saturated carbocycles. The van der Waals surface area contributed by atoms with E-state index in [4.69, 9.17) is 4.74 Å². The normalized spacial score (nSPS) is 20.6. The van der Waals surface area contributed by atoms with Gasteiger partial charge in [-0.3, -0.25) is 4.79 Å². The Kier molecular flexibility index (Phi) is 5.16. The maximum Gasteiger partial charge on any atom is 0.227 e. The molecule has 1 N–H and O–H groups in total. The second-order valence-corrected chi connectivity index (χ2v) is 5.69. The van der Waals surface area contributed by atoms with Crippen LogP contribution < -0.4 is 15.2 Å². The monoisotopic (exact) mass is 320 g/mol. The fourth-order valence-corrected chi connectivity index (χ4v) is 2.60. The van der Waals surface area contributed by atoms with Crippen LogP contribution in [0, 0.1) is 0 Å². The van der Waals surface area contributed by atoms with Gasteiger partial charge in [0.15, 0.2) is 5.17 Å². The van der Waals surface area contributed by atoms with Gasteiger partial charge < -0.3 is 20.0 Å². The second kappa shape index (κ2) is 7.08. The van der Waals surface area contributed by atoms with Crippen LogP contribution in [0.1, 0.15) is 18.9 Å². The van der Waals surface area contributed by atoms with Crippen LogP contribution in [0.15, 0.2) is 34.5 Å². The zero-order chi connectivity index (χ0) is 16.1. The maximum absolute atomic E-state index is 11.4. The van der Waals surface area contributed by atoms with Gasteiger partial charge in [0, 0.05) is 6.42 Å². The third-order valence-corrected chi connectivity index (χ3v) is 3.98. The molecule has 1 fully saturated rings. The molecule has 1 aromatic carbocycles. The van der Waals surface area contributed by atoms with Crippen molar-refractivity contribution in [3.8, 4) is 5.75 Å². The van der Waals surface area contributed by atoms with Gasteiger partial charge in [0.05, 0.1) is 24.0 Å². The number of carboxylic acid groups (broad SMARTS) is 1. The lowest BCUT2D eigenvalue weighted by molar-refractivity contribution is -0.304. The Labute approximate surface area is 131 Å². The first kappa shape index (κ1) is 16.0. The summed E-state index contributed by atoms with van der Waals surface area (Å²) in [6.45, 7) is 1.76. The number of benzene rings is 1. The molecular weight excluding hydrogens is 306 g/mol. The van der Waals surface area contributed by atoms with Crippen molar-refractivity contribution >= 4 is 34.5 Å². The molecule has 0 aliphatic carbocycles. The first-order valence-corrected chi connectivity index (χ1v) is 7.31. The zero-order valence-corrected chi connectivity index (χ0v) is 12.8. The lowest BCUT2D eigenvalue weighted by atomic mass is 10.1. The van der Waals surface area contributed by atoms with Crippen molar-refractivity contribution in [3.05, 3.63) is 29.8 Å². The fraction of sp³-hybridized carbons (Fsp3) is 0.286. The Balaban J connectivity index is 2.13. The van der Waals surface area contributed by atoms with Crippen molar-refractivity contribution in [2.75, 3.05) is 7.11 Å². The van der Waals surface area contributed by atoms with E-state index in [0.717, 1.165) is 23.1 Å². The van der Waals surface area contributed by atoms with Gasteiger partial charge >= 0.3 is 0 Å². The number of thioether (sulfide) groups is 1. The second-order valence-electron chi connectivity index (χ2n) is 4.50. The van der Waals surface area contributed by atoms with E-state index in [1.54, 1.807) is 26.2 Å². The maximum atomic E-state index is 11.4. The van der Waals surface area contributed by atoms with Crippen LogP contribution in [-0.2, 0) is 9.59 Å². The molecule has 116 valence electrons. The van der Waals surface area contributed by atoms with Gasteiger partial charge in [-0.1, -0.05) is 11.8 Å². The van der Waals surface area contributed by atoms with E-state index in [1.807, 2.05) is 12.1 Å². The minimum Gasteiger partial charge on any atom is -0.549 e. The molecule has 0 aromatic heterocycles. The number of hydrogen-bond donors (Lipinski definition) is 1. The molecule has 1 aromatic rings. The average molecular weight is 320 g/mol. The highest BCUT2D eigenvalue weighted by Gasteiger charge is 2.25. The van der Waals surface area contributed by atoms with Gasteiger partial charge in [-0.05, 0) is 36.8 Å². The SMILES string of the molecule is COc1ccc(/C(C)=N\N=C2/NC(=O)C[C@H](C(=O)[O-])S2)cc1. The molecule has 0 unspecified atom stereocenters. The van der Waals surface area contributed by atoms with E-state index >= 15 is 0 Å². The number of hydrogen-bond acceptors (Lipinski definition) is 7. The molecule has 0 bridgehead atoms. The highest BCUT2D eigenvalue weighted by molar-refractivity contribution is 8.15. The van der Waals surface area contributed by atoms with E-state index in [0.29, 0.717) is 5.71 Å². The van der Waals surface area contributed by atoms with Crippen molar-refractivity contribution in [3.63, 3.8) is 0 Å². The van der Waals surface area contributed by atoms with Crippen LogP contribution >= 0.6 is 11.8 Å². The van der Waals surface area contributed by atoms with Gasteiger partial charge in [-0.15, -0.1) is 5.10 Å². The Bertz CT molecular complexity index is 640. The number of methoxy groups -OCH3 is 1. The third-order valence-electron chi connectivity index (χ3n) is 2.93. The summed E-state index contributed by atoms with van der Waals surface area (Å²) in [7, 11) is 1.58. The van der Waals surface area contributed by atoms with Gasteiger partial charge in [0.2, 0.25) is 5.91 Å². The molecular formula is C14H14N3O4S-. The summed E-state index contributed by atoms with van der Waals surface area (Å²) in [4.78, 5) is 22.3. The standard InChI is InChI=1S/C14H15N3O4S/c1-8(9-3-5-10(21-2)6-4-9)16-17-14-15-12(18)7-11(22-14)13(19)20/h3-6,11H,7H2,1-2H3,(H,19,20)(H,15,17,18)/p-1/b16-8-/t11-/m1/s1. The van der Waals surface area contributed by atoms with E-state index in [9.17, 15) is 14.7 Å². The van der Waals surface area contributed by atoms with E-state index in [1.165, 1.54) is 0 Å². The molecule has 2 rings (SSSR count). The van der Waals surface area contributed by atoms with Crippen molar-refractivity contribution in [1.29, 1.82) is 0 Å². The molecule has 8 heteroatoms. The highest BCUT2D eigenvalue weighted by Crippen LogP contribution is 2.20. The van der Waals surface area contributed by atoms with E-state index < -0.39 is 17.1 Å². The van der Waals surface area contributed by atoms with Crippen molar-refractivity contribution < 1.29 is 19.4 Å². The topological polar surface area (TPSA) is 103 Å². The van der Waals surface area contributed by atoms with Crippen LogP contribution in [0.25, 0.3) is 0 Å². The summed E-state index contributed by atoms with van der Waals surface area (Å²) in [5, 5.41) is 20.5. The number of amidine groups is 1. The molecule has 1 atom stereocenters. The Morgan fingerprint density at radius 2 is 2.09 bits per heavy atom. The van der Waals surface area contributed by atoms with Crippen LogP contribution in [0.2, 0.25) is 0 Å². The number of nitrogens with one attached hydrogen (secondary N) is 1. The quantitative estimate of drug-likeness (QED) is 0.628. The predicted octanol–water partition coefficient (Wildman–Crippen LogP) is 0.147. The lowest BCUT2D eigenvalue weighted by Crippen LogP contribution is -2.44. The molecule has 1 heterocycles. The summed E-state index contributed by atoms with van der Waals surface area (Å²) in [6.07, 6.45) is -0.132. The predicted molar refractivity (Wildman–Crippen MR) is 81.8 cm³/mol. The molecule has 1 saturated heterocycles. The van der Waals surface area contributed by atoms with Crippen LogP contribution in [0.3, 0.4) is 0 Å². The minimum atomic E-state index is -1.29. The Hall–Kier alpha value is -2.35. The minimum absolute atomic E-state index is 0.132. The summed E-state index contributed by atoms with van der Waals surface area (Å²) in [6, 6.07) is 7.25. The number of carbonyl (C=O) groups is 2. The molecule has 0 radical (unpaired) electrons. The number of rotatable bonds is 4. The Morgan fingerprint density at radius 1 is 1.41 bits per heavy atom. The number of carbonyl (C=O) groups excluding carboxylic acids is 2. The first-order chi connectivity index (χ1) is 10.5. The summed E-state index contributed by atoms with van der Waals surface area (Å²) < 4.78 is 5.07. The summed E-state index contributed by atoms with van der Waals surface area (Å²) >= 11 is 0.916. The Morgan fingerprint density at radius 3 is 2.68 bits per heavy atom. The number of nitrogens with zero attached hydrogens (tertiary/aromatic N) is 2. The van der Waals surface area contributed by atoms with Crippen LogP contribution in [-0.4, -0.2) is 35.1 Å². The van der Waals surface area contributed by atoms with Gasteiger partial charge in [0.1, 0.15) is 5.75 Å². The fourth-order valence-electron chi connectivity index (χ4n) is 1.73. The van der Waals surface area contributed by atoms with Crippen LogP contribution in [0.5, 0.6) is 5.75 Å². The number of aliphatic carboxylic acids is 1. The third kappa shape index (κ3) is 4.08. The highest BCUT2D eigenvalue weighted by atomic mass is 32.2. The van der Waals surface area contributed by atoms with Gasteiger partial charge in [-0.25, -0.2) is 0 Å². The lowest BCUT2D eigenvalue weighted by Gasteiger charge is -2.22. The molecule has 0 spiro atoms. The molecule has 1 aliphatic heterocycles. The van der Waals surface area contributed by atoms with Crippen molar-refractivity contribution in [2.24, 2.45) is 10.2 Å². The smallest absolute Gasteiger partial charge is 0.227 e. The molecule has 7 nitrogen and oxygen atoms in total. The molecule has 22 heavy (non-hydrogen) atoms. The summed E-state index contributed by atoms with van der Waals surface area (Å²) in [5.41, 5.74) is 1.47. The first-order valence-electron chi connectivity index (χ1n) is 6.43. The van der Waals surface area contributed by atoms with Crippen molar-refractivity contribution in [1.82, 2.24) is 5.32 Å². The van der Waals surface area contributed by atoms with E-state index in [-0.39, 0.29) is 11.6 Å². The van der Waals surface area contributed by atoms with Crippen LogP contribution in [0.4, 0.5) is 0 Å². The molecule has 1 aliphatic rings. The van der Waals surface area contributed by atoms with Crippen molar-refractivity contribution in [2.45, 2.75) is 18.6 Å². The largest absolute Gasteiger partial charge is 0.549 e. The van der Waals surface area contributed by atoms with E-state index in [2.05, 4.69) is 15.5 Å².